The van der Waals surface area contributed by atoms with Gasteiger partial charge in [0.2, 0.25) is 5.91 Å². The van der Waals surface area contributed by atoms with Crippen LogP contribution in [0.2, 0.25) is 0 Å². The minimum Gasteiger partial charge on any atom is -0.391 e. The van der Waals surface area contributed by atoms with Crippen LogP contribution in [-0.2, 0) is 14.9 Å². The zero-order valence-corrected chi connectivity index (χ0v) is 27.1. The Labute approximate surface area is 252 Å². The molecule has 0 aromatic carbocycles. The lowest BCUT2D eigenvalue weighted by molar-refractivity contribution is -0.131. The fraction of sp³-hybridized carbons (Fsp3) is 0.848. The molecule has 0 radical (unpaired) electrons. The Morgan fingerprint density at radius 1 is 0.659 bits per heavy atom. The Morgan fingerprint density at radius 3 is 1.59 bits per heavy atom. The average Bonchev–Trinajstić information content (AvgIpc) is 2.92. The zero-order valence-electron chi connectivity index (χ0n) is 26.3. The fourth-order valence-corrected chi connectivity index (χ4v) is 5.68. The highest BCUT2D eigenvalue weighted by atomic mass is 32.2. The van der Waals surface area contributed by atoms with Gasteiger partial charge in [-0.05, 0) is 38.5 Å². The van der Waals surface area contributed by atoms with Gasteiger partial charge in [-0.3, -0.25) is 9.35 Å². The van der Waals surface area contributed by atoms with Crippen molar-refractivity contribution in [2.45, 2.75) is 173 Å². The van der Waals surface area contributed by atoms with Crippen molar-refractivity contribution in [3.63, 3.8) is 0 Å². The van der Waals surface area contributed by atoms with Crippen LogP contribution in [0.4, 0.5) is 0 Å². The molecule has 0 aliphatic carbocycles. The summed E-state index contributed by atoms with van der Waals surface area (Å²) in [6.07, 6.45) is 29.5. The molecule has 1 amide bonds. The van der Waals surface area contributed by atoms with Gasteiger partial charge in [0, 0.05) is 0 Å². The van der Waals surface area contributed by atoms with Gasteiger partial charge in [0.1, 0.15) is 6.10 Å². The molecule has 0 aliphatic heterocycles. The SMILES string of the molecule is CCCCC/C=C\C=C/CCCCCCCCCCCC(O)C(=O)NC(CS(=O)(=O)O)C(O)CCCCCCCC. The van der Waals surface area contributed by atoms with E-state index in [4.69, 9.17) is 0 Å². The highest BCUT2D eigenvalue weighted by Crippen LogP contribution is 2.14. The second-order valence-corrected chi connectivity index (χ2v) is 13.1. The molecular formula is C33H63NO6S. The number of nitrogens with one attached hydrogen (secondary N) is 1. The van der Waals surface area contributed by atoms with Gasteiger partial charge in [-0.15, -0.1) is 0 Å². The van der Waals surface area contributed by atoms with Gasteiger partial charge in [0.15, 0.2) is 0 Å². The summed E-state index contributed by atoms with van der Waals surface area (Å²) in [5, 5.41) is 23.2. The maximum absolute atomic E-state index is 12.4. The number of aliphatic hydroxyl groups excluding tert-OH is 2. The molecule has 0 bridgehead atoms. The second kappa shape index (κ2) is 27.6. The molecule has 41 heavy (non-hydrogen) atoms. The zero-order chi connectivity index (χ0) is 30.6. The van der Waals surface area contributed by atoms with Crippen molar-refractivity contribution in [1.82, 2.24) is 5.32 Å². The topological polar surface area (TPSA) is 124 Å². The number of carbonyl (C=O) groups excluding carboxylic acids is 1. The molecule has 0 aliphatic rings. The van der Waals surface area contributed by atoms with Gasteiger partial charge in [0.05, 0.1) is 17.9 Å². The van der Waals surface area contributed by atoms with Crippen LogP contribution in [-0.4, -0.2) is 53.1 Å². The van der Waals surface area contributed by atoms with Crippen molar-refractivity contribution in [2.75, 3.05) is 5.75 Å². The number of amides is 1. The lowest BCUT2D eigenvalue weighted by atomic mass is 10.0. The summed E-state index contributed by atoms with van der Waals surface area (Å²) in [5.74, 6) is -1.46. The fourth-order valence-electron chi connectivity index (χ4n) is 4.92. The van der Waals surface area contributed by atoms with Gasteiger partial charge in [-0.25, -0.2) is 0 Å². The first-order valence-corrected chi connectivity index (χ1v) is 18.3. The largest absolute Gasteiger partial charge is 0.391 e. The van der Waals surface area contributed by atoms with Crippen LogP contribution in [0.25, 0.3) is 0 Å². The molecule has 0 aromatic heterocycles. The standard InChI is InChI=1S/C33H63NO6S/c1-3-5-7-9-11-12-13-14-15-16-17-18-19-20-21-22-24-26-28-32(36)33(37)34-30(29-41(38,39)40)31(35)27-25-23-10-8-6-4-2/h11-14,30-32,35-36H,3-10,15-29H2,1-2H3,(H,34,37)(H,38,39,40)/b12-11-,14-13-. The van der Waals surface area contributed by atoms with Crippen LogP contribution >= 0.6 is 0 Å². The van der Waals surface area contributed by atoms with E-state index < -0.39 is 40.0 Å². The number of hydrogen-bond donors (Lipinski definition) is 4. The summed E-state index contributed by atoms with van der Waals surface area (Å²) in [6, 6.07) is -1.14. The predicted molar refractivity (Wildman–Crippen MR) is 172 cm³/mol. The van der Waals surface area contributed by atoms with Crippen molar-refractivity contribution >= 4 is 16.0 Å². The van der Waals surface area contributed by atoms with Gasteiger partial charge in [-0.1, -0.05) is 141 Å². The number of rotatable bonds is 29. The lowest BCUT2D eigenvalue weighted by Crippen LogP contribution is -2.50. The number of allylic oxidation sites excluding steroid dienone is 4. The second-order valence-electron chi connectivity index (χ2n) is 11.6. The monoisotopic (exact) mass is 601 g/mol. The maximum Gasteiger partial charge on any atom is 0.266 e. The third kappa shape index (κ3) is 27.4. The van der Waals surface area contributed by atoms with Crippen molar-refractivity contribution in [3.8, 4) is 0 Å². The molecule has 7 nitrogen and oxygen atoms in total. The molecular weight excluding hydrogens is 538 g/mol. The van der Waals surface area contributed by atoms with E-state index in [1.54, 1.807) is 0 Å². The van der Waals surface area contributed by atoms with E-state index in [1.807, 2.05) is 0 Å². The normalized spacial score (nSPS) is 14.6. The van der Waals surface area contributed by atoms with E-state index in [9.17, 15) is 28.0 Å². The molecule has 3 unspecified atom stereocenters. The Morgan fingerprint density at radius 2 is 1.07 bits per heavy atom. The van der Waals surface area contributed by atoms with Crippen LogP contribution < -0.4 is 5.32 Å². The first-order valence-electron chi connectivity index (χ1n) is 16.6. The third-order valence-corrected chi connectivity index (χ3v) is 8.32. The molecule has 4 N–H and O–H groups in total. The third-order valence-electron chi connectivity index (χ3n) is 7.54. The summed E-state index contributed by atoms with van der Waals surface area (Å²) < 4.78 is 32.1. The maximum atomic E-state index is 12.4. The van der Waals surface area contributed by atoms with Gasteiger partial charge in [0.25, 0.3) is 10.1 Å². The highest BCUT2D eigenvalue weighted by molar-refractivity contribution is 7.85. The quantitative estimate of drug-likeness (QED) is 0.0394. The smallest absolute Gasteiger partial charge is 0.266 e. The van der Waals surface area contributed by atoms with Crippen LogP contribution in [0, 0.1) is 0 Å². The summed E-state index contributed by atoms with van der Waals surface area (Å²) in [4.78, 5) is 12.4. The number of hydrogen-bond acceptors (Lipinski definition) is 5. The molecule has 0 saturated heterocycles. The molecule has 0 aromatic rings. The molecule has 242 valence electrons. The summed E-state index contributed by atoms with van der Waals surface area (Å²) in [5.41, 5.74) is 0. The Kier molecular flexibility index (Phi) is 26.8. The Hall–Kier alpha value is -1.22. The van der Waals surface area contributed by atoms with Gasteiger partial charge < -0.3 is 15.5 Å². The van der Waals surface area contributed by atoms with Crippen LogP contribution in [0.3, 0.4) is 0 Å². The highest BCUT2D eigenvalue weighted by Gasteiger charge is 2.28. The van der Waals surface area contributed by atoms with Crippen molar-refractivity contribution < 1.29 is 28.0 Å². The van der Waals surface area contributed by atoms with Crippen molar-refractivity contribution in [2.24, 2.45) is 0 Å². The number of unbranched alkanes of at least 4 members (excludes halogenated alkanes) is 17. The molecule has 3 atom stereocenters. The predicted octanol–water partition coefficient (Wildman–Crippen LogP) is 7.82. The van der Waals surface area contributed by atoms with E-state index >= 15 is 0 Å². The summed E-state index contributed by atoms with van der Waals surface area (Å²) >= 11 is 0. The van der Waals surface area contributed by atoms with Crippen molar-refractivity contribution in [3.05, 3.63) is 24.3 Å². The minimum absolute atomic E-state index is 0.291. The average molecular weight is 602 g/mol. The molecule has 8 heteroatoms. The Bertz CT molecular complexity index is 768. The van der Waals surface area contributed by atoms with E-state index in [-0.39, 0.29) is 0 Å². The van der Waals surface area contributed by atoms with Crippen LogP contribution in [0.5, 0.6) is 0 Å². The molecule has 0 saturated carbocycles. The molecule has 0 heterocycles. The Balaban J connectivity index is 3.97. The van der Waals surface area contributed by atoms with Gasteiger partial charge in [-0.2, -0.15) is 8.42 Å². The molecule has 0 rings (SSSR count). The number of carbonyl (C=O) groups is 1. The van der Waals surface area contributed by atoms with E-state index in [0.717, 1.165) is 57.8 Å². The number of aliphatic hydroxyl groups is 2. The van der Waals surface area contributed by atoms with E-state index in [2.05, 4.69) is 43.5 Å². The first-order chi connectivity index (χ1) is 19.7. The minimum atomic E-state index is -4.39. The van der Waals surface area contributed by atoms with E-state index in [0.29, 0.717) is 25.7 Å². The first kappa shape index (κ1) is 39.8. The molecule has 0 fully saturated rings. The lowest BCUT2D eigenvalue weighted by Gasteiger charge is -2.24. The van der Waals surface area contributed by atoms with Gasteiger partial charge >= 0.3 is 0 Å². The van der Waals surface area contributed by atoms with Crippen molar-refractivity contribution in [1.29, 1.82) is 0 Å². The summed E-state index contributed by atoms with van der Waals surface area (Å²) in [6.45, 7) is 4.37. The van der Waals surface area contributed by atoms with Crippen LogP contribution in [0.1, 0.15) is 155 Å². The van der Waals surface area contributed by atoms with E-state index in [1.165, 1.54) is 57.8 Å². The van der Waals surface area contributed by atoms with Crippen LogP contribution in [0.15, 0.2) is 24.3 Å². The molecule has 0 spiro atoms. The summed E-state index contributed by atoms with van der Waals surface area (Å²) in [7, 11) is -4.39.